The number of hydrogen-bond donors (Lipinski definition) is 1. The van der Waals surface area contributed by atoms with Crippen LogP contribution in [-0.2, 0) is 16.2 Å². The van der Waals surface area contributed by atoms with Crippen molar-refractivity contribution in [2.75, 3.05) is 25.2 Å². The molecule has 11 heteroatoms. The molecule has 196 valence electrons. The predicted molar refractivity (Wildman–Crippen MR) is 153 cm³/mol. The Hall–Kier alpha value is -3.11. The summed E-state index contributed by atoms with van der Waals surface area (Å²) < 4.78 is 11.3. The molecule has 0 unspecified atom stereocenters. The summed E-state index contributed by atoms with van der Waals surface area (Å²) in [7, 11) is 1.50. The van der Waals surface area contributed by atoms with Crippen molar-refractivity contribution < 1.29 is 23.9 Å². The second-order valence-electron chi connectivity index (χ2n) is 7.98. The second-order valence-corrected chi connectivity index (χ2v) is 10.7. The lowest BCUT2D eigenvalue weighted by Gasteiger charge is -2.13. The van der Waals surface area contributed by atoms with Gasteiger partial charge in [0.05, 0.1) is 12.0 Å². The molecule has 1 aliphatic rings. The minimum absolute atomic E-state index is 0.203. The SMILES string of the molecule is COc1cc(/C=C2/SC(=O)N(CC(=O)Nc3cccc(SC)c3)C2=O)ccc1OCc1ccc(Cl)cc1Cl. The van der Waals surface area contributed by atoms with E-state index in [0.29, 0.717) is 32.8 Å². The zero-order valence-electron chi connectivity index (χ0n) is 20.3. The molecule has 1 N–H and O–H groups in total. The Morgan fingerprint density at radius 1 is 1.08 bits per heavy atom. The average molecular weight is 590 g/mol. The van der Waals surface area contributed by atoms with Gasteiger partial charge < -0.3 is 14.8 Å². The Morgan fingerprint density at radius 3 is 2.63 bits per heavy atom. The summed E-state index contributed by atoms with van der Waals surface area (Å²) in [5.41, 5.74) is 1.98. The molecule has 3 amide bonds. The molecule has 1 heterocycles. The summed E-state index contributed by atoms with van der Waals surface area (Å²) in [4.78, 5) is 40.0. The van der Waals surface area contributed by atoms with Crippen LogP contribution in [0.2, 0.25) is 10.0 Å². The van der Waals surface area contributed by atoms with Crippen LogP contribution in [-0.4, -0.2) is 41.9 Å². The number of imide groups is 1. The highest BCUT2D eigenvalue weighted by molar-refractivity contribution is 8.18. The van der Waals surface area contributed by atoms with E-state index < -0.39 is 17.1 Å². The van der Waals surface area contributed by atoms with Gasteiger partial charge in [-0.2, -0.15) is 0 Å². The summed E-state index contributed by atoms with van der Waals surface area (Å²) in [5.74, 6) is -0.0821. The van der Waals surface area contributed by atoms with E-state index in [1.807, 2.05) is 24.5 Å². The van der Waals surface area contributed by atoms with Crippen molar-refractivity contribution in [3.8, 4) is 11.5 Å². The van der Waals surface area contributed by atoms with Gasteiger partial charge in [-0.05, 0) is 72.1 Å². The number of benzene rings is 3. The normalized spacial score (nSPS) is 14.2. The minimum atomic E-state index is -0.537. The van der Waals surface area contributed by atoms with E-state index in [0.717, 1.165) is 27.1 Å². The monoisotopic (exact) mass is 588 g/mol. The van der Waals surface area contributed by atoms with Crippen molar-refractivity contribution in [1.82, 2.24) is 4.90 Å². The van der Waals surface area contributed by atoms with Crippen LogP contribution in [0.15, 0.2) is 70.5 Å². The van der Waals surface area contributed by atoms with Crippen molar-refractivity contribution in [3.05, 3.63) is 86.7 Å². The van der Waals surface area contributed by atoms with Gasteiger partial charge in [0.25, 0.3) is 11.1 Å². The van der Waals surface area contributed by atoms with E-state index >= 15 is 0 Å². The molecule has 0 atom stereocenters. The number of carbonyl (C=O) groups excluding carboxylic acids is 3. The van der Waals surface area contributed by atoms with Gasteiger partial charge in [0, 0.05) is 26.2 Å². The molecule has 3 aromatic carbocycles. The average Bonchev–Trinajstić information content (AvgIpc) is 3.15. The van der Waals surface area contributed by atoms with Gasteiger partial charge in [0.2, 0.25) is 5.91 Å². The van der Waals surface area contributed by atoms with Crippen LogP contribution < -0.4 is 14.8 Å². The molecule has 0 aliphatic carbocycles. The number of amides is 3. The number of anilines is 1. The largest absolute Gasteiger partial charge is 0.493 e. The first-order valence-corrected chi connectivity index (χ1v) is 14.0. The van der Waals surface area contributed by atoms with E-state index in [2.05, 4.69) is 5.32 Å². The third kappa shape index (κ3) is 6.85. The fourth-order valence-electron chi connectivity index (χ4n) is 3.52. The third-order valence-electron chi connectivity index (χ3n) is 5.41. The molecular weight excluding hydrogens is 567 g/mol. The topological polar surface area (TPSA) is 84.9 Å². The summed E-state index contributed by atoms with van der Waals surface area (Å²) in [6.45, 7) is -0.177. The highest BCUT2D eigenvalue weighted by Crippen LogP contribution is 2.35. The maximum absolute atomic E-state index is 12.9. The first kappa shape index (κ1) is 27.9. The van der Waals surface area contributed by atoms with Crippen molar-refractivity contribution in [2.45, 2.75) is 11.5 Å². The van der Waals surface area contributed by atoms with Gasteiger partial charge in [-0.1, -0.05) is 41.4 Å². The molecule has 1 aliphatic heterocycles. The maximum atomic E-state index is 12.9. The number of thioether (sulfide) groups is 2. The second kappa shape index (κ2) is 12.6. The molecule has 0 aromatic heterocycles. The smallest absolute Gasteiger partial charge is 0.294 e. The molecule has 0 spiro atoms. The number of hydrogen-bond acceptors (Lipinski definition) is 7. The number of nitrogens with one attached hydrogen (secondary N) is 1. The zero-order chi connectivity index (χ0) is 27.2. The molecule has 7 nitrogen and oxygen atoms in total. The van der Waals surface area contributed by atoms with E-state index in [-0.39, 0.29) is 18.1 Å². The first-order chi connectivity index (χ1) is 18.3. The summed E-state index contributed by atoms with van der Waals surface area (Å²) in [6, 6.07) is 17.6. The summed E-state index contributed by atoms with van der Waals surface area (Å²) >= 11 is 14.5. The van der Waals surface area contributed by atoms with Crippen molar-refractivity contribution in [3.63, 3.8) is 0 Å². The van der Waals surface area contributed by atoms with Crippen LogP contribution in [0, 0.1) is 0 Å². The molecule has 1 saturated heterocycles. The van der Waals surface area contributed by atoms with E-state index in [1.165, 1.54) is 7.11 Å². The number of methoxy groups -OCH3 is 1. The van der Waals surface area contributed by atoms with Crippen molar-refractivity contribution in [1.29, 1.82) is 0 Å². The molecule has 38 heavy (non-hydrogen) atoms. The maximum Gasteiger partial charge on any atom is 0.294 e. The Labute approximate surface area is 238 Å². The lowest BCUT2D eigenvalue weighted by atomic mass is 10.1. The van der Waals surface area contributed by atoms with E-state index in [9.17, 15) is 14.4 Å². The number of carbonyl (C=O) groups is 3. The Bertz CT molecular complexity index is 1430. The molecule has 1 fully saturated rings. The lowest BCUT2D eigenvalue weighted by molar-refractivity contribution is -0.127. The van der Waals surface area contributed by atoms with Crippen molar-refractivity contribution >= 4 is 75.5 Å². The van der Waals surface area contributed by atoms with Gasteiger partial charge in [-0.15, -0.1) is 11.8 Å². The van der Waals surface area contributed by atoms with Crippen LogP contribution in [0.25, 0.3) is 6.08 Å². The molecule has 0 radical (unpaired) electrons. The van der Waals surface area contributed by atoms with Crippen LogP contribution >= 0.6 is 46.7 Å². The molecule has 4 rings (SSSR count). The van der Waals surface area contributed by atoms with Crippen LogP contribution in [0.5, 0.6) is 11.5 Å². The zero-order valence-corrected chi connectivity index (χ0v) is 23.5. The standard InChI is InChI=1S/C27H22Cl2N2O5S2/c1-35-23-10-16(6-9-22(23)36-15-17-7-8-18(28)12-21(17)29)11-24-26(33)31(27(34)38-24)14-25(32)30-19-4-3-5-20(13-19)37-2/h3-13H,14-15H2,1-2H3,(H,30,32)/b24-11+. The van der Waals surface area contributed by atoms with Gasteiger partial charge in [-0.25, -0.2) is 0 Å². The number of rotatable bonds is 9. The first-order valence-electron chi connectivity index (χ1n) is 11.2. The number of ether oxygens (including phenoxy) is 2. The highest BCUT2D eigenvalue weighted by atomic mass is 35.5. The van der Waals surface area contributed by atoms with Gasteiger partial charge >= 0.3 is 0 Å². The van der Waals surface area contributed by atoms with Crippen LogP contribution in [0.1, 0.15) is 11.1 Å². The predicted octanol–water partition coefficient (Wildman–Crippen LogP) is 6.98. The highest BCUT2D eigenvalue weighted by Gasteiger charge is 2.36. The van der Waals surface area contributed by atoms with E-state index in [4.69, 9.17) is 32.7 Å². The van der Waals surface area contributed by atoms with E-state index in [1.54, 1.807) is 60.3 Å². The third-order valence-corrected chi connectivity index (χ3v) is 7.63. The minimum Gasteiger partial charge on any atom is -0.493 e. The Morgan fingerprint density at radius 2 is 1.89 bits per heavy atom. The molecule has 0 saturated carbocycles. The summed E-state index contributed by atoms with van der Waals surface area (Å²) in [5, 5.41) is 3.24. The number of halogens is 2. The Balaban J connectivity index is 1.42. The van der Waals surface area contributed by atoms with Crippen LogP contribution in [0.3, 0.4) is 0 Å². The van der Waals surface area contributed by atoms with Crippen molar-refractivity contribution in [2.24, 2.45) is 0 Å². The van der Waals surface area contributed by atoms with Gasteiger partial charge in [-0.3, -0.25) is 19.3 Å². The molecule has 3 aromatic rings. The fourth-order valence-corrected chi connectivity index (χ4v) is 5.28. The molecular formula is C27H22Cl2N2O5S2. The fraction of sp³-hybridized carbons (Fsp3) is 0.148. The van der Waals surface area contributed by atoms with Crippen LogP contribution in [0.4, 0.5) is 10.5 Å². The quantitative estimate of drug-likeness (QED) is 0.213. The van der Waals surface area contributed by atoms with Gasteiger partial charge in [0.15, 0.2) is 11.5 Å². The molecule has 0 bridgehead atoms. The summed E-state index contributed by atoms with van der Waals surface area (Å²) in [6.07, 6.45) is 3.51. The number of nitrogens with zero attached hydrogens (tertiary/aromatic N) is 1. The van der Waals surface area contributed by atoms with Gasteiger partial charge in [0.1, 0.15) is 13.2 Å². The lowest BCUT2D eigenvalue weighted by Crippen LogP contribution is -2.36. The Kier molecular flexibility index (Phi) is 9.27.